The highest BCUT2D eigenvalue weighted by molar-refractivity contribution is 5.92. The molecule has 4 nitrogen and oxygen atoms in total. The second-order valence-electron chi connectivity index (χ2n) is 4.36. The molecular formula is C14H20N4. The summed E-state index contributed by atoms with van der Waals surface area (Å²) in [6.45, 7) is 7.02. The average Bonchev–Trinajstić information content (AvgIpc) is 2.41. The van der Waals surface area contributed by atoms with Crippen LogP contribution in [0.15, 0.2) is 24.3 Å². The van der Waals surface area contributed by atoms with Crippen LogP contribution in [0.25, 0.3) is 10.8 Å². The lowest BCUT2D eigenvalue weighted by Crippen LogP contribution is -2.23. The normalized spacial score (nSPS) is 10.8. The zero-order chi connectivity index (χ0) is 12.8. The molecule has 0 saturated carbocycles. The predicted octanol–water partition coefficient (Wildman–Crippen LogP) is 2.35. The standard InChI is InChI=1S/C14H20N4/c1-3-8-15-9-10-16-14-13-7-5-4-6-12(13)11(2)17-18-14/h4-7,15H,3,8-10H2,1-2H3,(H,16,18). The maximum Gasteiger partial charge on any atom is 0.156 e. The van der Waals surface area contributed by atoms with E-state index in [9.17, 15) is 0 Å². The van der Waals surface area contributed by atoms with Gasteiger partial charge in [-0.15, -0.1) is 5.10 Å². The number of hydrogen-bond donors (Lipinski definition) is 2. The Hall–Kier alpha value is -1.68. The summed E-state index contributed by atoms with van der Waals surface area (Å²) in [4.78, 5) is 0. The lowest BCUT2D eigenvalue weighted by atomic mass is 10.1. The molecule has 0 atom stereocenters. The molecule has 1 aromatic heterocycles. The van der Waals surface area contributed by atoms with E-state index in [1.807, 2.05) is 19.1 Å². The van der Waals surface area contributed by atoms with Crippen molar-refractivity contribution in [3.8, 4) is 0 Å². The minimum absolute atomic E-state index is 0.863. The topological polar surface area (TPSA) is 49.8 Å². The summed E-state index contributed by atoms with van der Waals surface area (Å²) in [6.07, 6.45) is 1.16. The van der Waals surface area contributed by atoms with Gasteiger partial charge in [-0.2, -0.15) is 5.10 Å². The predicted molar refractivity (Wildman–Crippen MR) is 75.9 cm³/mol. The van der Waals surface area contributed by atoms with E-state index in [4.69, 9.17) is 0 Å². The lowest BCUT2D eigenvalue weighted by Gasteiger charge is -2.09. The van der Waals surface area contributed by atoms with Gasteiger partial charge in [-0.3, -0.25) is 0 Å². The monoisotopic (exact) mass is 244 g/mol. The van der Waals surface area contributed by atoms with Crippen molar-refractivity contribution in [1.29, 1.82) is 0 Å². The van der Waals surface area contributed by atoms with Crippen LogP contribution in [-0.2, 0) is 0 Å². The highest BCUT2D eigenvalue weighted by atomic mass is 15.2. The summed E-state index contributed by atoms with van der Waals surface area (Å²) in [5.41, 5.74) is 0.972. The average molecular weight is 244 g/mol. The Bertz CT molecular complexity index is 510. The van der Waals surface area contributed by atoms with Gasteiger partial charge in [0.15, 0.2) is 5.82 Å². The van der Waals surface area contributed by atoms with Gasteiger partial charge in [0.25, 0.3) is 0 Å². The third kappa shape index (κ3) is 2.96. The molecule has 4 heteroatoms. The molecule has 0 fully saturated rings. The van der Waals surface area contributed by atoms with Gasteiger partial charge < -0.3 is 10.6 Å². The number of nitrogens with zero attached hydrogens (tertiary/aromatic N) is 2. The van der Waals surface area contributed by atoms with Crippen molar-refractivity contribution in [3.05, 3.63) is 30.0 Å². The van der Waals surface area contributed by atoms with E-state index in [0.717, 1.165) is 48.3 Å². The molecule has 0 bridgehead atoms. The highest BCUT2D eigenvalue weighted by Crippen LogP contribution is 2.21. The molecule has 0 aliphatic rings. The Morgan fingerprint density at radius 3 is 2.56 bits per heavy atom. The van der Waals surface area contributed by atoms with Crippen LogP contribution in [0.1, 0.15) is 19.0 Å². The Labute approximate surface area is 108 Å². The first kappa shape index (κ1) is 12.8. The molecule has 18 heavy (non-hydrogen) atoms. The third-order valence-electron chi connectivity index (χ3n) is 2.89. The summed E-state index contributed by atoms with van der Waals surface area (Å²) >= 11 is 0. The Balaban J connectivity index is 2.07. The van der Waals surface area contributed by atoms with Crippen molar-refractivity contribution in [2.24, 2.45) is 0 Å². The van der Waals surface area contributed by atoms with Crippen LogP contribution >= 0.6 is 0 Å². The number of fused-ring (bicyclic) bond motifs is 1. The minimum Gasteiger partial charge on any atom is -0.367 e. The maximum atomic E-state index is 4.24. The second-order valence-corrected chi connectivity index (χ2v) is 4.36. The van der Waals surface area contributed by atoms with Gasteiger partial charge in [0.05, 0.1) is 5.69 Å². The third-order valence-corrected chi connectivity index (χ3v) is 2.89. The number of aromatic nitrogens is 2. The quantitative estimate of drug-likeness (QED) is 0.766. The van der Waals surface area contributed by atoms with E-state index in [1.54, 1.807) is 0 Å². The van der Waals surface area contributed by atoms with Gasteiger partial charge in [-0.1, -0.05) is 31.2 Å². The van der Waals surface area contributed by atoms with Crippen LogP contribution in [0.5, 0.6) is 0 Å². The summed E-state index contributed by atoms with van der Waals surface area (Å²) < 4.78 is 0. The van der Waals surface area contributed by atoms with E-state index in [1.165, 1.54) is 0 Å². The molecule has 1 heterocycles. The Morgan fingerprint density at radius 1 is 1.00 bits per heavy atom. The molecule has 2 rings (SSSR count). The molecule has 0 saturated heterocycles. The first-order valence-corrected chi connectivity index (χ1v) is 6.49. The van der Waals surface area contributed by atoms with E-state index < -0.39 is 0 Å². The van der Waals surface area contributed by atoms with Gasteiger partial charge in [0.2, 0.25) is 0 Å². The highest BCUT2D eigenvalue weighted by Gasteiger charge is 2.04. The fourth-order valence-corrected chi connectivity index (χ4v) is 1.94. The minimum atomic E-state index is 0.863. The van der Waals surface area contributed by atoms with Crippen LogP contribution in [0.4, 0.5) is 5.82 Å². The van der Waals surface area contributed by atoms with Crippen LogP contribution in [0.3, 0.4) is 0 Å². The lowest BCUT2D eigenvalue weighted by molar-refractivity contribution is 0.687. The van der Waals surface area contributed by atoms with Gasteiger partial charge in [0, 0.05) is 23.9 Å². The van der Waals surface area contributed by atoms with Gasteiger partial charge in [-0.05, 0) is 19.9 Å². The van der Waals surface area contributed by atoms with Crippen LogP contribution in [0, 0.1) is 6.92 Å². The molecule has 0 aliphatic carbocycles. The van der Waals surface area contributed by atoms with Crippen molar-refractivity contribution in [2.45, 2.75) is 20.3 Å². The number of anilines is 1. The number of aryl methyl sites for hydroxylation is 1. The molecule has 0 aliphatic heterocycles. The number of hydrogen-bond acceptors (Lipinski definition) is 4. The van der Waals surface area contributed by atoms with E-state index in [-0.39, 0.29) is 0 Å². The first-order chi connectivity index (χ1) is 8.83. The van der Waals surface area contributed by atoms with Gasteiger partial charge >= 0.3 is 0 Å². The number of benzene rings is 1. The van der Waals surface area contributed by atoms with Crippen LogP contribution < -0.4 is 10.6 Å². The zero-order valence-electron chi connectivity index (χ0n) is 11.0. The molecule has 0 amide bonds. The smallest absolute Gasteiger partial charge is 0.156 e. The van der Waals surface area contributed by atoms with Crippen LogP contribution in [0.2, 0.25) is 0 Å². The van der Waals surface area contributed by atoms with Crippen molar-refractivity contribution in [1.82, 2.24) is 15.5 Å². The van der Waals surface area contributed by atoms with Gasteiger partial charge in [0.1, 0.15) is 0 Å². The summed E-state index contributed by atoms with van der Waals surface area (Å²) in [5, 5.41) is 17.4. The molecule has 96 valence electrons. The van der Waals surface area contributed by atoms with E-state index in [2.05, 4.69) is 39.9 Å². The Kier molecular flexibility index (Phi) is 4.47. The summed E-state index contributed by atoms with van der Waals surface area (Å²) in [7, 11) is 0. The second kappa shape index (κ2) is 6.31. The fraction of sp³-hybridized carbons (Fsp3) is 0.429. The molecule has 0 radical (unpaired) electrons. The van der Waals surface area contributed by atoms with E-state index >= 15 is 0 Å². The molecule has 0 spiro atoms. The molecular weight excluding hydrogens is 224 g/mol. The Morgan fingerprint density at radius 2 is 1.78 bits per heavy atom. The number of nitrogens with one attached hydrogen (secondary N) is 2. The fourth-order valence-electron chi connectivity index (χ4n) is 1.94. The molecule has 0 unspecified atom stereocenters. The SMILES string of the molecule is CCCNCCNc1nnc(C)c2ccccc12. The molecule has 1 aromatic carbocycles. The summed E-state index contributed by atoms with van der Waals surface area (Å²) in [5.74, 6) is 0.870. The van der Waals surface area contributed by atoms with Crippen molar-refractivity contribution < 1.29 is 0 Å². The largest absolute Gasteiger partial charge is 0.367 e. The first-order valence-electron chi connectivity index (χ1n) is 6.49. The van der Waals surface area contributed by atoms with Crippen LogP contribution in [-0.4, -0.2) is 29.8 Å². The maximum absolute atomic E-state index is 4.24. The number of rotatable bonds is 6. The van der Waals surface area contributed by atoms with Gasteiger partial charge in [-0.25, -0.2) is 0 Å². The van der Waals surface area contributed by atoms with Crippen molar-refractivity contribution >= 4 is 16.6 Å². The van der Waals surface area contributed by atoms with E-state index in [0.29, 0.717) is 0 Å². The molecule has 2 N–H and O–H groups in total. The molecule has 2 aromatic rings. The van der Waals surface area contributed by atoms with Crippen molar-refractivity contribution in [3.63, 3.8) is 0 Å². The summed E-state index contributed by atoms with van der Waals surface area (Å²) in [6, 6.07) is 8.23. The zero-order valence-corrected chi connectivity index (χ0v) is 11.0. The van der Waals surface area contributed by atoms with Crippen molar-refractivity contribution in [2.75, 3.05) is 25.0 Å².